The average molecular weight is 214 g/mol. The summed E-state index contributed by atoms with van der Waals surface area (Å²) in [6, 6.07) is 0. The van der Waals surface area contributed by atoms with E-state index in [1.54, 1.807) is 6.92 Å². The smallest absolute Gasteiger partial charge is 0.303 e. The minimum Gasteiger partial charge on any atom is -0.481 e. The second-order valence-electron chi connectivity index (χ2n) is 3.71. The second kappa shape index (κ2) is 8.15. The van der Waals surface area contributed by atoms with Gasteiger partial charge in [0.2, 0.25) is 0 Å². The molecule has 0 aromatic heterocycles. The molecule has 1 unspecified atom stereocenters. The van der Waals surface area contributed by atoms with Crippen LogP contribution in [0.1, 0.15) is 45.4 Å². The van der Waals surface area contributed by atoms with Gasteiger partial charge in [0.25, 0.3) is 0 Å². The third kappa shape index (κ3) is 7.85. The summed E-state index contributed by atoms with van der Waals surface area (Å²) in [5.41, 5.74) is 0. The van der Waals surface area contributed by atoms with E-state index in [9.17, 15) is 14.4 Å². The molecule has 15 heavy (non-hydrogen) atoms. The van der Waals surface area contributed by atoms with Crippen molar-refractivity contribution in [3.63, 3.8) is 0 Å². The fourth-order valence-electron chi connectivity index (χ4n) is 1.27. The van der Waals surface area contributed by atoms with E-state index in [2.05, 4.69) is 0 Å². The highest BCUT2D eigenvalue weighted by atomic mass is 16.4. The van der Waals surface area contributed by atoms with Crippen LogP contribution in [0.15, 0.2) is 0 Å². The summed E-state index contributed by atoms with van der Waals surface area (Å²) < 4.78 is 0. The van der Waals surface area contributed by atoms with Gasteiger partial charge in [-0.05, 0) is 19.3 Å². The summed E-state index contributed by atoms with van der Waals surface area (Å²) in [6.07, 6.45) is 3.70. The molecule has 0 aliphatic rings. The molecule has 0 bridgehead atoms. The first-order chi connectivity index (χ1) is 7.07. The first-order valence-corrected chi connectivity index (χ1v) is 5.26. The molecule has 4 heteroatoms. The lowest BCUT2D eigenvalue weighted by Crippen LogP contribution is -2.12. The van der Waals surface area contributed by atoms with Crippen LogP contribution in [0.4, 0.5) is 0 Å². The first-order valence-electron chi connectivity index (χ1n) is 5.26. The Balaban J connectivity index is 3.59. The number of ketones is 1. The number of carboxylic acids is 1. The summed E-state index contributed by atoms with van der Waals surface area (Å²) in [5.74, 6) is -0.949. The van der Waals surface area contributed by atoms with E-state index < -0.39 is 5.97 Å². The van der Waals surface area contributed by atoms with Crippen molar-refractivity contribution < 1.29 is 19.5 Å². The van der Waals surface area contributed by atoms with E-state index in [0.29, 0.717) is 19.3 Å². The number of hydrogen-bond donors (Lipinski definition) is 1. The van der Waals surface area contributed by atoms with Gasteiger partial charge in [-0.25, -0.2) is 0 Å². The zero-order valence-corrected chi connectivity index (χ0v) is 9.07. The Morgan fingerprint density at radius 1 is 1.27 bits per heavy atom. The lowest BCUT2D eigenvalue weighted by molar-refractivity contribution is -0.137. The summed E-state index contributed by atoms with van der Waals surface area (Å²) >= 11 is 0. The van der Waals surface area contributed by atoms with Gasteiger partial charge in [-0.1, -0.05) is 6.92 Å². The van der Waals surface area contributed by atoms with Gasteiger partial charge >= 0.3 is 5.97 Å². The molecular weight excluding hydrogens is 196 g/mol. The van der Waals surface area contributed by atoms with E-state index in [-0.39, 0.29) is 18.1 Å². The number of Topliss-reactive ketones (excluding diaryl/α,β-unsaturated/α-hetero) is 1. The van der Waals surface area contributed by atoms with Gasteiger partial charge < -0.3 is 9.90 Å². The van der Waals surface area contributed by atoms with Crippen LogP contribution in [0.3, 0.4) is 0 Å². The fraction of sp³-hybridized carbons (Fsp3) is 0.727. The number of aliphatic carboxylic acids is 1. The van der Waals surface area contributed by atoms with Gasteiger partial charge in [-0.2, -0.15) is 0 Å². The number of carbonyl (C=O) groups is 3. The molecule has 0 saturated carbocycles. The highest BCUT2D eigenvalue weighted by Gasteiger charge is 2.13. The van der Waals surface area contributed by atoms with Crippen molar-refractivity contribution in [2.75, 3.05) is 0 Å². The normalized spacial score (nSPS) is 12.1. The molecule has 0 radical (unpaired) electrons. The summed E-state index contributed by atoms with van der Waals surface area (Å²) in [7, 11) is 0. The zero-order chi connectivity index (χ0) is 11.7. The van der Waals surface area contributed by atoms with Crippen LogP contribution < -0.4 is 0 Å². The van der Waals surface area contributed by atoms with E-state index in [1.165, 1.54) is 0 Å². The lowest BCUT2D eigenvalue weighted by Gasteiger charge is -2.07. The molecule has 0 aromatic rings. The number of carboxylic acid groups (broad SMARTS) is 1. The Morgan fingerprint density at radius 3 is 2.47 bits per heavy atom. The van der Waals surface area contributed by atoms with Crippen LogP contribution in [0, 0.1) is 5.92 Å². The van der Waals surface area contributed by atoms with Crippen LogP contribution in [0.2, 0.25) is 0 Å². The predicted molar refractivity (Wildman–Crippen MR) is 55.6 cm³/mol. The van der Waals surface area contributed by atoms with Crippen LogP contribution in [0.25, 0.3) is 0 Å². The van der Waals surface area contributed by atoms with Crippen LogP contribution >= 0.6 is 0 Å². The van der Waals surface area contributed by atoms with Gasteiger partial charge in [0.1, 0.15) is 12.1 Å². The maximum absolute atomic E-state index is 11.4. The summed E-state index contributed by atoms with van der Waals surface area (Å²) in [5, 5.41) is 8.44. The molecule has 0 saturated heterocycles. The Labute approximate surface area is 89.7 Å². The monoisotopic (exact) mass is 214 g/mol. The largest absolute Gasteiger partial charge is 0.481 e. The van der Waals surface area contributed by atoms with E-state index in [0.717, 1.165) is 19.1 Å². The molecule has 0 aromatic carbocycles. The maximum atomic E-state index is 11.4. The Bertz CT molecular complexity index is 223. The number of carbonyl (C=O) groups excluding carboxylic acids is 2. The van der Waals surface area contributed by atoms with Gasteiger partial charge in [0.05, 0.1) is 0 Å². The topological polar surface area (TPSA) is 71.4 Å². The predicted octanol–water partition coefficient (Wildman–Crippen LogP) is 1.82. The Morgan fingerprint density at radius 2 is 1.93 bits per heavy atom. The third-order valence-electron chi connectivity index (χ3n) is 2.34. The minimum atomic E-state index is -0.865. The minimum absolute atomic E-state index is 0.0429. The van der Waals surface area contributed by atoms with Gasteiger partial charge in [0.15, 0.2) is 0 Å². The Kier molecular flexibility index (Phi) is 7.50. The van der Waals surface area contributed by atoms with Crippen molar-refractivity contribution in [3.05, 3.63) is 0 Å². The van der Waals surface area contributed by atoms with Crippen molar-refractivity contribution in [1.29, 1.82) is 0 Å². The van der Waals surface area contributed by atoms with Crippen molar-refractivity contribution in [2.24, 2.45) is 5.92 Å². The molecule has 0 spiro atoms. The molecule has 0 rings (SSSR count). The highest BCUT2D eigenvalue weighted by Crippen LogP contribution is 2.11. The maximum Gasteiger partial charge on any atom is 0.303 e. The van der Waals surface area contributed by atoms with Crippen molar-refractivity contribution in [1.82, 2.24) is 0 Å². The van der Waals surface area contributed by atoms with Crippen LogP contribution in [-0.4, -0.2) is 23.1 Å². The quantitative estimate of drug-likeness (QED) is 0.469. The second-order valence-corrected chi connectivity index (χ2v) is 3.71. The van der Waals surface area contributed by atoms with Crippen molar-refractivity contribution in [2.45, 2.75) is 45.4 Å². The molecule has 4 nitrogen and oxygen atoms in total. The summed E-state index contributed by atoms with van der Waals surface area (Å²) in [6.45, 7) is 1.75. The number of aldehydes is 1. The number of rotatable bonds is 9. The molecule has 1 atom stereocenters. The molecule has 0 amide bonds. The van der Waals surface area contributed by atoms with E-state index in [4.69, 9.17) is 5.11 Å². The molecule has 86 valence electrons. The van der Waals surface area contributed by atoms with Crippen LogP contribution in [0.5, 0.6) is 0 Å². The van der Waals surface area contributed by atoms with Crippen molar-refractivity contribution in [3.8, 4) is 0 Å². The molecule has 0 aliphatic heterocycles. The van der Waals surface area contributed by atoms with Crippen molar-refractivity contribution >= 4 is 18.0 Å². The van der Waals surface area contributed by atoms with E-state index in [1.807, 2.05) is 0 Å². The SMILES string of the molecule is CC(CCC(=O)O)C(=O)CCCCC=O. The van der Waals surface area contributed by atoms with Gasteiger partial charge in [0, 0.05) is 25.2 Å². The van der Waals surface area contributed by atoms with E-state index >= 15 is 0 Å². The average Bonchev–Trinajstić information content (AvgIpc) is 2.20. The van der Waals surface area contributed by atoms with Crippen LogP contribution in [-0.2, 0) is 14.4 Å². The molecule has 0 heterocycles. The van der Waals surface area contributed by atoms with Gasteiger partial charge in [-0.3, -0.25) is 9.59 Å². The highest BCUT2D eigenvalue weighted by molar-refractivity contribution is 5.81. The zero-order valence-electron chi connectivity index (χ0n) is 9.07. The molecule has 0 fully saturated rings. The first kappa shape index (κ1) is 13.8. The molecule has 1 N–H and O–H groups in total. The third-order valence-corrected chi connectivity index (χ3v) is 2.34. The molecular formula is C11H18O4. The standard InChI is InChI=1S/C11H18O4/c1-9(6-7-11(14)15)10(13)5-3-2-4-8-12/h8-9H,2-7H2,1H3,(H,14,15). The number of unbranched alkanes of at least 4 members (excludes halogenated alkanes) is 2. The molecule has 0 aliphatic carbocycles. The Hall–Kier alpha value is -1.19. The summed E-state index contributed by atoms with van der Waals surface area (Å²) in [4.78, 5) is 31.7. The van der Waals surface area contributed by atoms with Gasteiger partial charge in [-0.15, -0.1) is 0 Å². The number of hydrogen-bond acceptors (Lipinski definition) is 3. The lowest BCUT2D eigenvalue weighted by atomic mass is 9.96. The fourth-order valence-corrected chi connectivity index (χ4v) is 1.27.